The van der Waals surface area contributed by atoms with Gasteiger partial charge in [0.15, 0.2) is 5.11 Å². The second-order valence-corrected chi connectivity index (χ2v) is 8.90. The first-order valence-electron chi connectivity index (χ1n) is 7.13. The molecule has 9 heteroatoms. The Morgan fingerprint density at radius 2 is 1.81 bits per heavy atom. The Kier molecular flexibility index (Phi) is 5.99. The second kappa shape index (κ2) is 7.90. The van der Waals surface area contributed by atoms with E-state index in [1.54, 1.807) is 30.3 Å². The summed E-state index contributed by atoms with van der Waals surface area (Å²) < 4.78 is 2.05. The van der Waals surface area contributed by atoms with Gasteiger partial charge in [0, 0.05) is 4.47 Å². The van der Waals surface area contributed by atoms with Gasteiger partial charge in [-0.3, -0.25) is 19.8 Å². The zero-order chi connectivity index (χ0) is 19.0. The van der Waals surface area contributed by atoms with Crippen LogP contribution in [0.15, 0.2) is 46.4 Å². The average molecular weight is 655 g/mol. The Morgan fingerprint density at radius 3 is 2.42 bits per heavy atom. The minimum absolute atomic E-state index is 0.0316. The van der Waals surface area contributed by atoms with Crippen molar-refractivity contribution in [3.63, 3.8) is 0 Å². The third-order valence-corrected chi connectivity index (χ3v) is 5.94. The fraction of sp³-hybridized carbons (Fsp3) is 0. The van der Waals surface area contributed by atoms with E-state index in [-0.39, 0.29) is 16.4 Å². The van der Waals surface area contributed by atoms with Crippen LogP contribution in [0.3, 0.4) is 0 Å². The molecule has 0 radical (unpaired) electrons. The lowest BCUT2D eigenvalue weighted by molar-refractivity contribution is -0.122. The monoisotopic (exact) mass is 654 g/mol. The Bertz CT molecular complexity index is 971. The van der Waals surface area contributed by atoms with Gasteiger partial charge in [0.25, 0.3) is 11.8 Å². The Labute approximate surface area is 190 Å². The molecule has 2 aromatic rings. The van der Waals surface area contributed by atoms with Crippen LogP contribution in [0.1, 0.15) is 5.56 Å². The van der Waals surface area contributed by atoms with Crippen LogP contribution in [0, 0.1) is 7.14 Å². The standard InChI is InChI=1S/C17H9BrI2N2O3S/c18-9-2-1-3-10(7-9)22-16(25)11(15(24)21-17(22)26)4-8-5-12(19)14(23)13(20)6-8/h1-7,23H,(H,21,24,26)/b11-4+. The SMILES string of the molecule is O=C1NC(=S)N(c2cccc(Br)c2)C(=O)/C1=C/c1cc(I)c(O)c(I)c1. The maximum atomic E-state index is 12.9. The predicted molar refractivity (Wildman–Crippen MR) is 124 cm³/mol. The van der Waals surface area contributed by atoms with Crippen LogP contribution < -0.4 is 10.2 Å². The van der Waals surface area contributed by atoms with E-state index in [0.29, 0.717) is 18.4 Å². The highest BCUT2D eigenvalue weighted by molar-refractivity contribution is 14.1. The number of anilines is 1. The highest BCUT2D eigenvalue weighted by atomic mass is 127. The Hall–Kier alpha value is -1.05. The lowest BCUT2D eigenvalue weighted by Gasteiger charge is -2.29. The van der Waals surface area contributed by atoms with E-state index in [4.69, 9.17) is 12.2 Å². The summed E-state index contributed by atoms with van der Waals surface area (Å²) in [5, 5.41) is 12.5. The molecule has 132 valence electrons. The van der Waals surface area contributed by atoms with E-state index >= 15 is 0 Å². The van der Waals surface area contributed by atoms with Crippen molar-refractivity contribution in [1.29, 1.82) is 0 Å². The number of halogens is 3. The fourth-order valence-corrected chi connectivity index (χ4v) is 4.83. The fourth-order valence-electron chi connectivity index (χ4n) is 2.34. The first-order valence-corrected chi connectivity index (χ1v) is 10.5. The number of nitrogens with one attached hydrogen (secondary N) is 1. The van der Waals surface area contributed by atoms with Gasteiger partial charge in [-0.2, -0.15) is 0 Å². The molecular weight excluding hydrogens is 646 g/mol. The van der Waals surface area contributed by atoms with E-state index in [1.807, 2.05) is 51.2 Å². The van der Waals surface area contributed by atoms with Crippen LogP contribution in [0.2, 0.25) is 0 Å². The number of carbonyl (C=O) groups excluding carboxylic acids is 2. The number of aromatic hydroxyl groups is 1. The number of thiocarbonyl (C=S) groups is 1. The van der Waals surface area contributed by atoms with Crippen LogP contribution in [-0.4, -0.2) is 22.0 Å². The summed E-state index contributed by atoms with van der Waals surface area (Å²) in [6, 6.07) is 10.5. The van der Waals surface area contributed by atoms with Crippen LogP contribution in [0.5, 0.6) is 5.75 Å². The van der Waals surface area contributed by atoms with Crippen LogP contribution in [0.25, 0.3) is 6.08 Å². The smallest absolute Gasteiger partial charge is 0.270 e. The minimum atomic E-state index is -0.552. The first kappa shape index (κ1) is 19.7. The van der Waals surface area contributed by atoms with Crippen molar-refractivity contribution in [1.82, 2.24) is 5.32 Å². The number of benzene rings is 2. The van der Waals surface area contributed by atoms with Gasteiger partial charge in [0.1, 0.15) is 11.3 Å². The summed E-state index contributed by atoms with van der Waals surface area (Å²) in [6.45, 7) is 0. The molecule has 0 aromatic heterocycles. The van der Waals surface area contributed by atoms with Crippen molar-refractivity contribution in [3.8, 4) is 5.75 Å². The Balaban J connectivity index is 2.06. The molecule has 0 spiro atoms. The van der Waals surface area contributed by atoms with Crippen molar-refractivity contribution in [2.75, 3.05) is 4.90 Å². The topological polar surface area (TPSA) is 69.6 Å². The van der Waals surface area contributed by atoms with E-state index < -0.39 is 11.8 Å². The first-order chi connectivity index (χ1) is 12.3. The van der Waals surface area contributed by atoms with Gasteiger partial charge in [-0.05, 0) is 99.4 Å². The number of hydrogen-bond acceptors (Lipinski definition) is 4. The normalized spacial score (nSPS) is 16.2. The number of carbonyl (C=O) groups is 2. The molecule has 3 rings (SSSR count). The zero-order valence-corrected chi connectivity index (χ0v) is 19.5. The van der Waals surface area contributed by atoms with Crippen molar-refractivity contribution in [2.24, 2.45) is 0 Å². The average Bonchev–Trinajstić information content (AvgIpc) is 2.56. The van der Waals surface area contributed by atoms with E-state index in [0.717, 1.165) is 4.47 Å². The van der Waals surface area contributed by atoms with Gasteiger partial charge < -0.3 is 5.11 Å². The summed E-state index contributed by atoms with van der Waals surface area (Å²) in [4.78, 5) is 26.5. The summed E-state index contributed by atoms with van der Waals surface area (Å²) in [6.07, 6.45) is 1.49. The number of amides is 2. The number of phenolic OH excluding ortho intramolecular Hbond substituents is 1. The van der Waals surface area contributed by atoms with Gasteiger partial charge in [-0.25, -0.2) is 0 Å². The van der Waals surface area contributed by atoms with Crippen molar-refractivity contribution < 1.29 is 14.7 Å². The second-order valence-electron chi connectivity index (χ2n) is 5.27. The number of rotatable bonds is 2. The van der Waals surface area contributed by atoms with Crippen molar-refractivity contribution >= 4 is 102 Å². The number of phenols is 1. The lowest BCUT2D eigenvalue weighted by Crippen LogP contribution is -2.54. The molecule has 2 aromatic carbocycles. The molecule has 0 saturated carbocycles. The molecule has 2 N–H and O–H groups in total. The molecule has 5 nitrogen and oxygen atoms in total. The third kappa shape index (κ3) is 3.94. The largest absolute Gasteiger partial charge is 0.506 e. The summed E-state index contributed by atoms with van der Waals surface area (Å²) in [5.74, 6) is -0.885. The quantitative estimate of drug-likeness (QED) is 0.221. The van der Waals surface area contributed by atoms with E-state index in [9.17, 15) is 14.7 Å². The number of hydrogen-bond donors (Lipinski definition) is 2. The van der Waals surface area contributed by atoms with E-state index in [1.165, 1.54) is 11.0 Å². The molecule has 1 aliphatic heterocycles. The predicted octanol–water partition coefficient (Wildman–Crippen LogP) is 4.20. The highest BCUT2D eigenvalue weighted by Gasteiger charge is 2.34. The zero-order valence-electron chi connectivity index (χ0n) is 12.8. The molecule has 0 unspecified atom stereocenters. The molecule has 1 aliphatic rings. The van der Waals surface area contributed by atoms with Crippen molar-refractivity contribution in [3.05, 3.63) is 59.1 Å². The summed E-state index contributed by atoms with van der Waals surface area (Å²) in [7, 11) is 0. The van der Waals surface area contributed by atoms with Gasteiger partial charge in [-0.15, -0.1) is 0 Å². The van der Waals surface area contributed by atoms with Crippen LogP contribution in [-0.2, 0) is 9.59 Å². The summed E-state index contributed by atoms with van der Waals surface area (Å²) in [5.41, 5.74) is 1.16. The maximum absolute atomic E-state index is 12.9. The summed E-state index contributed by atoms with van der Waals surface area (Å²) >= 11 is 12.5. The molecule has 0 aliphatic carbocycles. The van der Waals surface area contributed by atoms with Gasteiger partial charge in [0.2, 0.25) is 0 Å². The molecule has 2 amide bonds. The van der Waals surface area contributed by atoms with Gasteiger partial charge in [-0.1, -0.05) is 22.0 Å². The molecule has 0 bridgehead atoms. The minimum Gasteiger partial charge on any atom is -0.506 e. The molecule has 0 atom stereocenters. The Morgan fingerprint density at radius 1 is 1.15 bits per heavy atom. The highest BCUT2D eigenvalue weighted by Crippen LogP contribution is 2.29. The molecule has 1 saturated heterocycles. The molecule has 1 fully saturated rings. The van der Waals surface area contributed by atoms with Gasteiger partial charge in [0.05, 0.1) is 12.8 Å². The maximum Gasteiger partial charge on any atom is 0.270 e. The molecule has 26 heavy (non-hydrogen) atoms. The molecular formula is C17H9BrI2N2O3S. The molecule has 1 heterocycles. The third-order valence-electron chi connectivity index (χ3n) is 3.52. The van der Waals surface area contributed by atoms with Crippen LogP contribution >= 0.6 is 73.3 Å². The number of nitrogens with zero attached hydrogens (tertiary/aromatic N) is 1. The lowest BCUT2D eigenvalue weighted by atomic mass is 10.1. The van der Waals surface area contributed by atoms with Crippen molar-refractivity contribution in [2.45, 2.75) is 0 Å². The van der Waals surface area contributed by atoms with E-state index in [2.05, 4.69) is 21.2 Å². The van der Waals surface area contributed by atoms with Gasteiger partial charge >= 0.3 is 0 Å². The van der Waals surface area contributed by atoms with Crippen LogP contribution in [0.4, 0.5) is 5.69 Å².